The van der Waals surface area contributed by atoms with E-state index in [-0.39, 0.29) is 18.2 Å². The molecule has 0 spiro atoms. The molecule has 1 aliphatic carbocycles. The molecule has 3 atom stereocenters. The number of nitrogens with zero attached hydrogens (tertiary/aromatic N) is 1. The summed E-state index contributed by atoms with van der Waals surface area (Å²) in [5.41, 5.74) is 0. The Morgan fingerprint density at radius 3 is 2.75 bits per heavy atom. The van der Waals surface area contributed by atoms with Gasteiger partial charge in [0.1, 0.15) is 0 Å². The van der Waals surface area contributed by atoms with Gasteiger partial charge in [-0.1, -0.05) is 19.3 Å². The third kappa shape index (κ3) is 4.09. The fourth-order valence-electron chi connectivity index (χ4n) is 3.36. The first kappa shape index (κ1) is 15.6. The number of nitrogens with one attached hydrogen (secondary N) is 1. The van der Waals surface area contributed by atoms with Crippen molar-refractivity contribution < 1.29 is 14.3 Å². The predicted molar refractivity (Wildman–Crippen MR) is 77.8 cm³/mol. The van der Waals surface area contributed by atoms with E-state index in [0.29, 0.717) is 5.92 Å². The van der Waals surface area contributed by atoms with Gasteiger partial charge in [0.2, 0.25) is 0 Å². The number of hydrogen-bond acceptors (Lipinski definition) is 3. The van der Waals surface area contributed by atoms with Gasteiger partial charge in [-0.05, 0) is 19.3 Å². The average molecular weight is 284 g/mol. The third-order valence-corrected chi connectivity index (χ3v) is 4.54. The molecule has 5 heteroatoms. The molecule has 0 aromatic rings. The second kappa shape index (κ2) is 7.84. The Kier molecular flexibility index (Phi) is 6.10. The molecule has 1 saturated carbocycles. The molecule has 0 unspecified atom stereocenters. The van der Waals surface area contributed by atoms with E-state index in [1.807, 2.05) is 4.90 Å². The summed E-state index contributed by atoms with van der Waals surface area (Å²) in [6.45, 7) is 2.39. The van der Waals surface area contributed by atoms with Crippen LogP contribution < -0.4 is 5.32 Å². The highest BCUT2D eigenvalue weighted by Crippen LogP contribution is 2.21. The molecule has 1 aliphatic heterocycles. The summed E-state index contributed by atoms with van der Waals surface area (Å²) in [6.07, 6.45) is 6.90. The Morgan fingerprint density at radius 2 is 2.00 bits per heavy atom. The summed E-state index contributed by atoms with van der Waals surface area (Å²) in [5, 5.41) is 3.19. The van der Waals surface area contributed by atoms with Gasteiger partial charge < -0.3 is 19.7 Å². The number of rotatable bonds is 4. The van der Waals surface area contributed by atoms with E-state index >= 15 is 0 Å². The van der Waals surface area contributed by atoms with Crippen LogP contribution in [0.15, 0.2) is 0 Å². The smallest absolute Gasteiger partial charge is 0.317 e. The fourth-order valence-corrected chi connectivity index (χ4v) is 3.36. The monoisotopic (exact) mass is 284 g/mol. The van der Waals surface area contributed by atoms with Crippen LogP contribution in [0.3, 0.4) is 0 Å². The van der Waals surface area contributed by atoms with Crippen molar-refractivity contribution in [1.29, 1.82) is 0 Å². The Bertz CT molecular complexity index is 311. The summed E-state index contributed by atoms with van der Waals surface area (Å²) in [4.78, 5) is 14.3. The first-order chi connectivity index (χ1) is 9.74. The van der Waals surface area contributed by atoms with Gasteiger partial charge >= 0.3 is 6.03 Å². The highest BCUT2D eigenvalue weighted by molar-refractivity contribution is 5.74. The van der Waals surface area contributed by atoms with Crippen LogP contribution in [0.1, 0.15) is 38.5 Å². The maximum absolute atomic E-state index is 12.4. The molecule has 0 aromatic carbocycles. The molecule has 2 aliphatic rings. The number of methoxy groups -OCH3 is 2. The van der Waals surface area contributed by atoms with E-state index in [0.717, 1.165) is 39.0 Å². The molecular weight excluding hydrogens is 256 g/mol. The molecule has 0 aromatic heterocycles. The molecule has 2 fully saturated rings. The fraction of sp³-hybridized carbons (Fsp3) is 0.933. The summed E-state index contributed by atoms with van der Waals surface area (Å²) in [5.74, 6) is 0.484. The molecule has 1 saturated heterocycles. The van der Waals surface area contributed by atoms with E-state index in [2.05, 4.69) is 5.32 Å². The van der Waals surface area contributed by atoms with Gasteiger partial charge in [0.15, 0.2) is 0 Å². The van der Waals surface area contributed by atoms with Crippen LogP contribution in [0.4, 0.5) is 4.79 Å². The lowest BCUT2D eigenvalue weighted by Crippen LogP contribution is -2.49. The van der Waals surface area contributed by atoms with Crippen LogP contribution >= 0.6 is 0 Å². The summed E-state index contributed by atoms with van der Waals surface area (Å²) in [7, 11) is 3.47. The molecule has 1 heterocycles. The Balaban J connectivity index is 1.83. The zero-order valence-corrected chi connectivity index (χ0v) is 12.8. The second-order valence-electron chi connectivity index (χ2n) is 6.02. The molecule has 0 radical (unpaired) electrons. The Labute approximate surface area is 122 Å². The maximum atomic E-state index is 12.4. The maximum Gasteiger partial charge on any atom is 0.317 e. The molecule has 2 amide bonds. The molecule has 20 heavy (non-hydrogen) atoms. The van der Waals surface area contributed by atoms with Gasteiger partial charge in [-0.2, -0.15) is 0 Å². The minimum Gasteiger partial charge on any atom is -0.384 e. The van der Waals surface area contributed by atoms with Gasteiger partial charge in [0.05, 0.1) is 18.8 Å². The van der Waals surface area contributed by atoms with Crippen molar-refractivity contribution in [1.82, 2.24) is 10.2 Å². The van der Waals surface area contributed by atoms with Gasteiger partial charge in [0, 0.05) is 33.2 Å². The number of ether oxygens (including phenoxy) is 2. The first-order valence-electron chi connectivity index (χ1n) is 7.81. The van der Waals surface area contributed by atoms with Crippen molar-refractivity contribution in [2.75, 3.05) is 33.9 Å². The van der Waals surface area contributed by atoms with Crippen LogP contribution in [0.5, 0.6) is 0 Å². The molecule has 1 N–H and O–H groups in total. The molecule has 2 rings (SSSR count). The van der Waals surface area contributed by atoms with Gasteiger partial charge in [0.25, 0.3) is 0 Å². The van der Waals surface area contributed by atoms with Crippen molar-refractivity contribution in [2.45, 2.75) is 50.7 Å². The summed E-state index contributed by atoms with van der Waals surface area (Å²) >= 11 is 0. The second-order valence-corrected chi connectivity index (χ2v) is 6.02. The Hall–Kier alpha value is -0.810. The van der Waals surface area contributed by atoms with Crippen LogP contribution in [0, 0.1) is 5.92 Å². The minimum atomic E-state index is 0.0672. The molecule has 5 nitrogen and oxygen atoms in total. The molecular formula is C15H28N2O3. The lowest BCUT2D eigenvalue weighted by molar-refractivity contribution is 0.0639. The van der Waals surface area contributed by atoms with Crippen molar-refractivity contribution in [3.05, 3.63) is 0 Å². The summed E-state index contributed by atoms with van der Waals surface area (Å²) in [6, 6.07) is 0.231. The topological polar surface area (TPSA) is 50.8 Å². The zero-order chi connectivity index (χ0) is 14.4. The Morgan fingerprint density at radius 1 is 1.20 bits per heavy atom. The van der Waals surface area contributed by atoms with Crippen LogP contribution in [0.25, 0.3) is 0 Å². The predicted octanol–water partition coefficient (Wildman–Crippen LogP) is 2.01. The number of carbonyl (C=O) groups is 1. The minimum absolute atomic E-state index is 0.0672. The normalized spacial score (nSPS) is 31.1. The lowest BCUT2D eigenvalue weighted by Gasteiger charge is -2.27. The first-order valence-corrected chi connectivity index (χ1v) is 7.81. The average Bonchev–Trinajstić information content (AvgIpc) is 2.79. The number of hydrogen-bond donors (Lipinski definition) is 1. The van der Waals surface area contributed by atoms with Gasteiger partial charge in [-0.3, -0.25) is 0 Å². The summed E-state index contributed by atoms with van der Waals surface area (Å²) < 4.78 is 10.7. The zero-order valence-electron chi connectivity index (χ0n) is 12.8. The lowest BCUT2D eigenvalue weighted by atomic mass is 10.1. The van der Waals surface area contributed by atoms with E-state index in [1.165, 1.54) is 19.3 Å². The van der Waals surface area contributed by atoms with Crippen LogP contribution in [-0.2, 0) is 9.47 Å². The van der Waals surface area contributed by atoms with E-state index in [4.69, 9.17) is 9.47 Å². The molecule has 116 valence electrons. The third-order valence-electron chi connectivity index (χ3n) is 4.54. The standard InChI is InChI=1S/C15H28N2O3/c1-19-11-12-8-9-17(10-12)15(18)16-13-6-4-3-5-7-14(13)20-2/h12-14H,3-11H2,1-2H3,(H,16,18)/t12-,13+,14+/m1/s1. The SMILES string of the molecule is COC[C@@H]1CCN(C(=O)N[C@H]2CCCCC[C@@H]2OC)C1. The molecule has 0 bridgehead atoms. The van der Waals surface area contributed by atoms with E-state index < -0.39 is 0 Å². The van der Waals surface area contributed by atoms with Gasteiger partial charge in [-0.25, -0.2) is 4.79 Å². The number of amides is 2. The highest BCUT2D eigenvalue weighted by atomic mass is 16.5. The van der Waals surface area contributed by atoms with Crippen LogP contribution in [-0.4, -0.2) is 57.0 Å². The van der Waals surface area contributed by atoms with Gasteiger partial charge in [-0.15, -0.1) is 0 Å². The number of urea groups is 1. The van der Waals surface area contributed by atoms with Crippen molar-refractivity contribution in [3.63, 3.8) is 0 Å². The number of carbonyl (C=O) groups excluding carboxylic acids is 1. The van der Waals surface area contributed by atoms with Crippen molar-refractivity contribution >= 4 is 6.03 Å². The number of likely N-dealkylation sites (tertiary alicyclic amines) is 1. The van der Waals surface area contributed by atoms with E-state index in [1.54, 1.807) is 14.2 Å². The van der Waals surface area contributed by atoms with E-state index in [9.17, 15) is 4.79 Å². The van der Waals surface area contributed by atoms with Crippen molar-refractivity contribution in [3.8, 4) is 0 Å². The largest absolute Gasteiger partial charge is 0.384 e. The van der Waals surface area contributed by atoms with Crippen LogP contribution in [0.2, 0.25) is 0 Å². The van der Waals surface area contributed by atoms with Crippen molar-refractivity contribution in [2.24, 2.45) is 5.92 Å². The quantitative estimate of drug-likeness (QED) is 0.804. The highest BCUT2D eigenvalue weighted by Gasteiger charge is 2.30.